The zero-order valence-corrected chi connectivity index (χ0v) is 17.6. The molecule has 0 amide bonds. The second-order valence-corrected chi connectivity index (χ2v) is 6.82. The van der Waals surface area contributed by atoms with E-state index in [1.54, 1.807) is 29.7 Å². The van der Waals surface area contributed by atoms with Crippen molar-refractivity contribution in [1.29, 1.82) is 0 Å². The molecule has 5 aromatic rings. The first-order valence-corrected chi connectivity index (χ1v) is 10.3. The van der Waals surface area contributed by atoms with Crippen LogP contribution in [0.4, 0.5) is 5.69 Å². The highest BCUT2D eigenvalue weighted by Gasteiger charge is 2.06. The lowest BCUT2D eigenvalue weighted by atomic mass is 10.2. The molecule has 5 rings (SSSR count). The number of hydrogen-bond donors (Lipinski definition) is 3. The Morgan fingerprint density at radius 2 is 1.93 bits per heavy atom. The van der Waals surface area contributed by atoms with Gasteiger partial charge in [-0.15, -0.1) is 11.3 Å². The summed E-state index contributed by atoms with van der Waals surface area (Å²) in [7, 11) is 0. The van der Waals surface area contributed by atoms with Gasteiger partial charge in [0.05, 0.1) is 15.7 Å². The van der Waals surface area contributed by atoms with Crippen molar-refractivity contribution in [2.45, 2.75) is 13.8 Å². The molecule has 0 saturated heterocycles. The second-order valence-electron chi connectivity index (χ2n) is 5.57. The van der Waals surface area contributed by atoms with E-state index in [-0.39, 0.29) is 0 Å². The monoisotopic (exact) mass is 424 g/mol. The molecule has 0 radical (unpaired) electrons. The van der Waals surface area contributed by atoms with Crippen LogP contribution in [0.1, 0.15) is 13.8 Å². The van der Waals surface area contributed by atoms with Crippen molar-refractivity contribution in [1.82, 2.24) is 15.0 Å². The third-order valence-corrected chi connectivity index (χ3v) is 5.07. The number of hydrogen-bond acceptors (Lipinski definition) is 7. The summed E-state index contributed by atoms with van der Waals surface area (Å²) >= 11 is 5.69. The normalized spacial score (nSPS) is 10.0. The first-order chi connectivity index (χ1) is 14.2. The minimum atomic E-state index is -0.402. The molecule has 0 spiro atoms. The smallest absolute Gasteiger partial charge is 0.408 e. The largest absolute Gasteiger partial charge is 0.417 e. The van der Waals surface area contributed by atoms with Gasteiger partial charge in [-0.3, -0.25) is 9.97 Å². The van der Waals surface area contributed by atoms with Gasteiger partial charge in [0.15, 0.2) is 5.58 Å². The van der Waals surface area contributed by atoms with Crippen molar-refractivity contribution in [3.8, 4) is 10.6 Å². The van der Waals surface area contributed by atoms with Gasteiger partial charge in [0.1, 0.15) is 5.01 Å². The van der Waals surface area contributed by atoms with Gasteiger partial charge < -0.3 is 9.14 Å². The van der Waals surface area contributed by atoms with Crippen LogP contribution >= 0.6 is 24.2 Å². The molecule has 0 aliphatic rings. The summed E-state index contributed by atoms with van der Waals surface area (Å²) in [5, 5.41) is 0.999. The van der Waals surface area contributed by atoms with Gasteiger partial charge in [0.2, 0.25) is 0 Å². The molecule has 0 aliphatic heterocycles. The van der Waals surface area contributed by atoms with Crippen molar-refractivity contribution >= 4 is 51.2 Å². The van der Waals surface area contributed by atoms with Crippen LogP contribution in [0.25, 0.3) is 31.9 Å². The van der Waals surface area contributed by atoms with E-state index < -0.39 is 5.76 Å². The molecule has 2 N–H and O–H groups in total. The lowest BCUT2D eigenvalue weighted by molar-refractivity contribution is 0.555. The highest BCUT2D eigenvalue weighted by atomic mass is 32.1. The number of nitrogens with zero attached hydrogens (tertiary/aromatic N) is 2. The number of aromatic amines is 1. The van der Waals surface area contributed by atoms with Gasteiger partial charge in [-0.2, -0.15) is 0 Å². The van der Waals surface area contributed by atoms with Crippen LogP contribution in [0.2, 0.25) is 0 Å². The van der Waals surface area contributed by atoms with Crippen molar-refractivity contribution < 1.29 is 4.42 Å². The number of aromatic nitrogens is 3. The van der Waals surface area contributed by atoms with Crippen LogP contribution in [0.5, 0.6) is 0 Å². The lowest BCUT2D eigenvalue weighted by Crippen LogP contribution is -1.92. The molecule has 2 aromatic carbocycles. The molecule has 0 unspecified atom stereocenters. The molecule has 3 aromatic heterocycles. The van der Waals surface area contributed by atoms with E-state index in [1.807, 2.05) is 62.5 Å². The fourth-order valence-electron chi connectivity index (χ4n) is 2.52. The maximum atomic E-state index is 10.6. The molecular weight excluding hydrogens is 404 g/mol. The van der Waals surface area contributed by atoms with Crippen LogP contribution in [0, 0.1) is 0 Å². The summed E-state index contributed by atoms with van der Waals surface area (Å²) in [6, 6.07) is 17.1. The average molecular weight is 425 g/mol. The number of pyridine rings is 1. The summed E-state index contributed by atoms with van der Waals surface area (Å²) in [4.78, 5) is 21.8. The fraction of sp³-hybridized carbons (Fsp3) is 0.0952. The molecule has 148 valence electrons. The van der Waals surface area contributed by atoms with E-state index >= 15 is 0 Å². The lowest BCUT2D eigenvalue weighted by Gasteiger charge is -2.00. The van der Waals surface area contributed by atoms with Crippen molar-refractivity contribution in [2.24, 2.45) is 0 Å². The number of oxazole rings is 1. The van der Waals surface area contributed by atoms with E-state index in [9.17, 15) is 4.79 Å². The Balaban J connectivity index is 0.000000170. The summed E-state index contributed by atoms with van der Waals surface area (Å²) in [5.41, 5.74) is 4.39. The van der Waals surface area contributed by atoms with Crippen LogP contribution in [-0.2, 0) is 0 Å². The van der Waals surface area contributed by atoms with Crippen molar-refractivity contribution in [3.05, 3.63) is 77.5 Å². The van der Waals surface area contributed by atoms with E-state index in [2.05, 4.69) is 32.5 Å². The van der Waals surface area contributed by atoms with Gasteiger partial charge in [-0.1, -0.05) is 50.9 Å². The quantitative estimate of drug-likeness (QED) is 0.314. The minimum Gasteiger partial charge on any atom is -0.408 e. The van der Waals surface area contributed by atoms with Gasteiger partial charge in [0, 0.05) is 23.6 Å². The molecule has 6 nitrogen and oxygen atoms in total. The van der Waals surface area contributed by atoms with E-state index in [0.29, 0.717) is 5.58 Å². The first kappa shape index (κ1) is 20.6. The van der Waals surface area contributed by atoms with Gasteiger partial charge in [-0.05, 0) is 30.3 Å². The molecule has 0 saturated carbocycles. The highest BCUT2D eigenvalue weighted by molar-refractivity contribution is 7.81. The van der Waals surface area contributed by atoms with E-state index in [4.69, 9.17) is 4.42 Å². The Morgan fingerprint density at radius 3 is 2.69 bits per heavy atom. The molecule has 0 bridgehead atoms. The molecule has 29 heavy (non-hydrogen) atoms. The number of benzene rings is 2. The van der Waals surface area contributed by atoms with Gasteiger partial charge in [-0.25, -0.2) is 9.78 Å². The zero-order valence-electron chi connectivity index (χ0n) is 15.9. The van der Waals surface area contributed by atoms with Crippen molar-refractivity contribution in [2.75, 3.05) is 4.72 Å². The number of anilines is 1. The fourth-order valence-corrected chi connectivity index (χ4v) is 3.59. The third kappa shape index (κ3) is 5.04. The molecule has 0 aliphatic carbocycles. The number of para-hydroxylation sites is 2. The van der Waals surface area contributed by atoms with Gasteiger partial charge in [0.25, 0.3) is 0 Å². The first-order valence-electron chi connectivity index (χ1n) is 9.02. The highest BCUT2D eigenvalue weighted by Crippen LogP contribution is 2.30. The predicted octanol–water partition coefficient (Wildman–Crippen LogP) is 5.76. The molecule has 0 atom stereocenters. The Morgan fingerprint density at radius 1 is 1.10 bits per heavy atom. The Bertz CT molecular complexity index is 1190. The topological polar surface area (TPSA) is 83.8 Å². The van der Waals surface area contributed by atoms with Crippen molar-refractivity contribution in [3.63, 3.8) is 0 Å². The Hall–Kier alpha value is -3.10. The molecular formula is C21H20N4O2S2. The number of fused-ring (bicyclic) bond motifs is 2. The predicted molar refractivity (Wildman–Crippen MR) is 124 cm³/mol. The number of H-pyrrole nitrogens is 1. The number of thiol groups is 1. The summed E-state index contributed by atoms with van der Waals surface area (Å²) in [6.07, 6.45) is 3.61. The minimum absolute atomic E-state index is 0.402. The average Bonchev–Trinajstić information content (AvgIpc) is 3.38. The maximum absolute atomic E-state index is 10.6. The van der Waals surface area contributed by atoms with Crippen LogP contribution < -0.4 is 10.5 Å². The Labute approximate surface area is 177 Å². The zero-order chi connectivity index (χ0) is 20.6. The summed E-state index contributed by atoms with van der Waals surface area (Å²) in [6.45, 7) is 4.00. The maximum Gasteiger partial charge on any atom is 0.417 e. The summed E-state index contributed by atoms with van der Waals surface area (Å²) in [5.74, 6) is -0.402. The number of thiazole rings is 1. The third-order valence-electron chi connectivity index (χ3n) is 3.76. The Kier molecular flexibility index (Phi) is 7.04. The van der Waals surface area contributed by atoms with Crippen LogP contribution in [0.3, 0.4) is 0 Å². The van der Waals surface area contributed by atoms with Crippen LogP contribution in [-0.4, -0.2) is 15.0 Å². The van der Waals surface area contributed by atoms with Crippen LogP contribution in [0.15, 0.2) is 76.2 Å². The summed E-state index contributed by atoms with van der Waals surface area (Å²) < 4.78 is 8.69. The SMILES string of the molecule is CC.O=c1[nH]c2ccccc2o1.SNc1cccc(-c2nc3ccncc3s2)c1. The van der Waals surface area contributed by atoms with E-state index in [1.165, 1.54) is 0 Å². The second kappa shape index (κ2) is 9.90. The van der Waals surface area contributed by atoms with E-state index in [0.717, 1.165) is 32.0 Å². The molecule has 0 fully saturated rings. The number of nitrogens with one attached hydrogen (secondary N) is 2. The molecule has 3 heterocycles. The molecule has 8 heteroatoms. The standard InChI is InChI=1S/C12H9N3S2.C7H5NO2.C2H6/c16-15-9-3-1-2-8(6-9)12-14-10-4-5-13-7-11(10)17-12;9-7-8-5-3-1-2-4-6(5)10-7;1-2/h1-7,15-16H;1-4H,(H,8,9);1-2H3. The van der Waals surface area contributed by atoms with Gasteiger partial charge >= 0.3 is 5.76 Å². The number of rotatable bonds is 2.